The van der Waals surface area contributed by atoms with Crippen LogP contribution in [-0.2, 0) is 4.79 Å². The number of carbonyl (C=O) groups excluding carboxylic acids is 1. The molecule has 4 rings (SSSR count). The maximum Gasteiger partial charge on any atom is 0.230 e. The molecule has 1 amide bonds. The summed E-state index contributed by atoms with van der Waals surface area (Å²) in [5.74, 6) is 0.791. The zero-order valence-corrected chi connectivity index (χ0v) is 11.5. The van der Waals surface area contributed by atoms with E-state index in [1.165, 1.54) is 0 Å². The number of fused-ring (bicyclic) bond motifs is 2. The van der Waals surface area contributed by atoms with Gasteiger partial charge in [-0.15, -0.1) is 0 Å². The third kappa shape index (κ3) is 2.03. The van der Waals surface area contributed by atoms with Crippen molar-refractivity contribution in [2.45, 2.75) is 12.0 Å². The van der Waals surface area contributed by atoms with Gasteiger partial charge in [-0.1, -0.05) is 36.4 Å². The van der Waals surface area contributed by atoms with Gasteiger partial charge in [-0.2, -0.15) is 0 Å². The molecule has 2 aliphatic heterocycles. The highest BCUT2D eigenvalue weighted by molar-refractivity contribution is 5.88. The Morgan fingerprint density at radius 1 is 1.10 bits per heavy atom. The van der Waals surface area contributed by atoms with Crippen molar-refractivity contribution in [3.63, 3.8) is 0 Å². The van der Waals surface area contributed by atoms with Crippen LogP contribution in [0.25, 0.3) is 0 Å². The number of amides is 1. The third-order valence-electron chi connectivity index (χ3n) is 4.17. The first-order valence-corrected chi connectivity index (χ1v) is 7.18. The summed E-state index contributed by atoms with van der Waals surface area (Å²) in [7, 11) is 0. The summed E-state index contributed by atoms with van der Waals surface area (Å²) >= 11 is 0. The highest BCUT2D eigenvalue weighted by Gasteiger charge is 2.32. The van der Waals surface area contributed by atoms with Crippen molar-refractivity contribution in [3.8, 4) is 5.75 Å². The van der Waals surface area contributed by atoms with E-state index in [9.17, 15) is 4.79 Å². The van der Waals surface area contributed by atoms with Crippen LogP contribution in [-0.4, -0.2) is 19.1 Å². The summed E-state index contributed by atoms with van der Waals surface area (Å²) in [6.07, 6.45) is 0. The minimum Gasteiger partial charge on any atom is -0.491 e. The van der Waals surface area contributed by atoms with Gasteiger partial charge in [0.15, 0.2) is 0 Å². The standard InChI is InChI=1S/C17H16N2O2/c20-17(13-9-18-14-7-3-1-5-11(13)14)19-15-10-21-16-8-4-2-6-12(15)16/h1-8,13,15,18H,9-10H2,(H,19,20). The van der Waals surface area contributed by atoms with Crippen LogP contribution in [0.5, 0.6) is 5.75 Å². The second kappa shape index (κ2) is 4.81. The quantitative estimate of drug-likeness (QED) is 0.888. The molecule has 2 atom stereocenters. The first kappa shape index (κ1) is 12.3. The van der Waals surface area contributed by atoms with Gasteiger partial charge in [-0.25, -0.2) is 0 Å². The van der Waals surface area contributed by atoms with Crippen LogP contribution in [0.3, 0.4) is 0 Å². The zero-order chi connectivity index (χ0) is 14.2. The number of ether oxygens (including phenoxy) is 1. The maximum atomic E-state index is 12.6. The molecular weight excluding hydrogens is 264 g/mol. The average Bonchev–Trinajstić information content (AvgIpc) is 3.12. The highest BCUT2D eigenvalue weighted by Crippen LogP contribution is 2.34. The monoisotopic (exact) mass is 280 g/mol. The van der Waals surface area contributed by atoms with Crippen LogP contribution in [0, 0.1) is 0 Å². The molecule has 0 aliphatic carbocycles. The van der Waals surface area contributed by atoms with Crippen LogP contribution < -0.4 is 15.4 Å². The van der Waals surface area contributed by atoms with Crippen molar-refractivity contribution in [1.29, 1.82) is 0 Å². The SMILES string of the molecule is O=C(NC1COc2ccccc21)C1CNc2ccccc21. The smallest absolute Gasteiger partial charge is 0.230 e. The predicted molar refractivity (Wildman–Crippen MR) is 80.5 cm³/mol. The van der Waals surface area contributed by atoms with E-state index in [-0.39, 0.29) is 17.9 Å². The molecule has 2 heterocycles. The van der Waals surface area contributed by atoms with Gasteiger partial charge < -0.3 is 15.4 Å². The first-order valence-electron chi connectivity index (χ1n) is 7.18. The molecule has 2 aromatic carbocycles. The minimum absolute atomic E-state index is 0.0535. The number of benzene rings is 2. The second-order valence-corrected chi connectivity index (χ2v) is 5.43. The van der Waals surface area contributed by atoms with E-state index in [0.717, 1.165) is 22.6 Å². The molecule has 0 bridgehead atoms. The van der Waals surface area contributed by atoms with Crippen molar-refractivity contribution in [2.75, 3.05) is 18.5 Å². The van der Waals surface area contributed by atoms with Gasteiger partial charge in [0, 0.05) is 17.8 Å². The van der Waals surface area contributed by atoms with E-state index in [4.69, 9.17) is 4.74 Å². The van der Waals surface area contributed by atoms with Crippen molar-refractivity contribution < 1.29 is 9.53 Å². The molecule has 0 saturated carbocycles. The van der Waals surface area contributed by atoms with E-state index < -0.39 is 0 Å². The number of hydrogen-bond acceptors (Lipinski definition) is 3. The molecule has 2 aromatic rings. The predicted octanol–water partition coefficient (Wildman–Crippen LogP) is 2.45. The fraction of sp³-hybridized carbons (Fsp3) is 0.235. The van der Waals surface area contributed by atoms with Crippen molar-refractivity contribution in [3.05, 3.63) is 59.7 Å². The summed E-state index contributed by atoms with van der Waals surface area (Å²) in [6.45, 7) is 1.16. The highest BCUT2D eigenvalue weighted by atomic mass is 16.5. The van der Waals surface area contributed by atoms with Crippen molar-refractivity contribution in [2.24, 2.45) is 0 Å². The van der Waals surface area contributed by atoms with E-state index in [1.807, 2.05) is 48.5 Å². The van der Waals surface area contributed by atoms with Gasteiger partial charge in [0.05, 0.1) is 12.0 Å². The molecule has 0 saturated heterocycles. The van der Waals surface area contributed by atoms with Gasteiger partial charge in [-0.3, -0.25) is 4.79 Å². The molecule has 106 valence electrons. The molecule has 4 heteroatoms. The summed E-state index contributed by atoms with van der Waals surface area (Å²) < 4.78 is 5.61. The lowest BCUT2D eigenvalue weighted by atomic mass is 9.99. The third-order valence-corrected chi connectivity index (χ3v) is 4.17. The topological polar surface area (TPSA) is 50.4 Å². The summed E-state index contributed by atoms with van der Waals surface area (Å²) in [5.41, 5.74) is 3.19. The minimum atomic E-state index is -0.131. The lowest BCUT2D eigenvalue weighted by Crippen LogP contribution is -2.34. The van der Waals surface area contributed by atoms with Crippen LogP contribution >= 0.6 is 0 Å². The lowest BCUT2D eigenvalue weighted by Gasteiger charge is -2.15. The van der Waals surface area contributed by atoms with Gasteiger partial charge >= 0.3 is 0 Å². The molecule has 2 aliphatic rings. The molecule has 4 nitrogen and oxygen atoms in total. The van der Waals surface area contributed by atoms with Crippen LogP contribution in [0.15, 0.2) is 48.5 Å². The van der Waals surface area contributed by atoms with E-state index in [0.29, 0.717) is 13.2 Å². The maximum absolute atomic E-state index is 12.6. The van der Waals surface area contributed by atoms with Crippen LogP contribution in [0.1, 0.15) is 23.1 Å². The fourth-order valence-electron chi connectivity index (χ4n) is 3.07. The van der Waals surface area contributed by atoms with Gasteiger partial charge in [0.25, 0.3) is 0 Å². The van der Waals surface area contributed by atoms with E-state index in [2.05, 4.69) is 10.6 Å². The Balaban J connectivity index is 1.53. The molecule has 0 aromatic heterocycles. The number of hydrogen-bond donors (Lipinski definition) is 2. The number of carbonyl (C=O) groups is 1. The molecule has 0 spiro atoms. The first-order chi connectivity index (χ1) is 10.3. The Morgan fingerprint density at radius 2 is 1.86 bits per heavy atom. The molecule has 2 N–H and O–H groups in total. The molecule has 0 radical (unpaired) electrons. The summed E-state index contributed by atoms with van der Waals surface area (Å²) in [6, 6.07) is 15.8. The lowest BCUT2D eigenvalue weighted by molar-refractivity contribution is -0.123. The summed E-state index contributed by atoms with van der Waals surface area (Å²) in [4.78, 5) is 12.6. The van der Waals surface area contributed by atoms with E-state index in [1.54, 1.807) is 0 Å². The Bertz CT molecular complexity index is 699. The number of nitrogens with one attached hydrogen (secondary N) is 2. The fourth-order valence-corrected chi connectivity index (χ4v) is 3.07. The van der Waals surface area contributed by atoms with Gasteiger partial charge in [-0.05, 0) is 17.7 Å². The van der Waals surface area contributed by atoms with Gasteiger partial charge in [0.2, 0.25) is 5.91 Å². The number of para-hydroxylation sites is 2. The molecule has 21 heavy (non-hydrogen) atoms. The largest absolute Gasteiger partial charge is 0.491 e. The molecular formula is C17H16N2O2. The average molecular weight is 280 g/mol. The Hall–Kier alpha value is -2.49. The van der Waals surface area contributed by atoms with Crippen molar-refractivity contribution in [1.82, 2.24) is 5.32 Å². The van der Waals surface area contributed by atoms with Crippen molar-refractivity contribution >= 4 is 11.6 Å². The van der Waals surface area contributed by atoms with E-state index >= 15 is 0 Å². The Kier molecular flexibility index (Phi) is 2.81. The molecule has 2 unspecified atom stereocenters. The van der Waals surface area contributed by atoms with Crippen LogP contribution in [0.4, 0.5) is 5.69 Å². The van der Waals surface area contributed by atoms with Gasteiger partial charge in [0.1, 0.15) is 12.4 Å². The Morgan fingerprint density at radius 3 is 2.76 bits per heavy atom. The van der Waals surface area contributed by atoms with Crippen LogP contribution in [0.2, 0.25) is 0 Å². The number of anilines is 1. The second-order valence-electron chi connectivity index (χ2n) is 5.43. The number of rotatable bonds is 2. The zero-order valence-electron chi connectivity index (χ0n) is 11.5. The molecule has 0 fully saturated rings. The Labute approximate surface area is 123 Å². The summed E-state index contributed by atoms with van der Waals surface area (Å²) in [5, 5.41) is 6.40. The normalized spacial score (nSPS) is 21.9.